The van der Waals surface area contributed by atoms with E-state index in [2.05, 4.69) is 10.2 Å². The summed E-state index contributed by atoms with van der Waals surface area (Å²) in [5.41, 5.74) is -1.67. The van der Waals surface area contributed by atoms with E-state index in [0.29, 0.717) is 12.8 Å². The van der Waals surface area contributed by atoms with Crippen molar-refractivity contribution in [2.75, 3.05) is 0 Å². The van der Waals surface area contributed by atoms with Crippen LogP contribution in [0.5, 0.6) is 0 Å². The highest BCUT2D eigenvalue weighted by Crippen LogP contribution is 2.35. The van der Waals surface area contributed by atoms with Gasteiger partial charge in [-0.15, -0.1) is 10.2 Å². The van der Waals surface area contributed by atoms with Gasteiger partial charge < -0.3 is 5.11 Å². The first-order valence-corrected chi connectivity index (χ1v) is 10.1. The van der Waals surface area contributed by atoms with Gasteiger partial charge in [0.1, 0.15) is 0 Å². The van der Waals surface area contributed by atoms with Crippen molar-refractivity contribution in [1.29, 1.82) is 0 Å². The van der Waals surface area contributed by atoms with Crippen LogP contribution in [0.3, 0.4) is 0 Å². The number of imide groups is 1. The van der Waals surface area contributed by atoms with Crippen LogP contribution in [0, 0.1) is 0 Å². The second-order valence-electron chi connectivity index (χ2n) is 7.24. The Morgan fingerprint density at radius 1 is 1.00 bits per heavy atom. The number of hydrogen-bond donors (Lipinski definition) is 1. The molecular weight excluding hydrogens is 439 g/mol. The lowest BCUT2D eigenvalue weighted by molar-refractivity contribution is -0.166. The number of aliphatic hydroxyl groups excluding tert-OH is 1. The number of aliphatic hydroxyl groups is 1. The number of halogens is 3. The van der Waals surface area contributed by atoms with E-state index in [9.17, 15) is 32.7 Å². The maximum atomic E-state index is 13.2. The van der Waals surface area contributed by atoms with Gasteiger partial charge >= 0.3 is 6.18 Å². The number of carbonyl (C=O) groups is 3. The molecule has 0 bridgehead atoms. The van der Waals surface area contributed by atoms with E-state index in [0.717, 1.165) is 4.90 Å². The van der Waals surface area contributed by atoms with Crippen LogP contribution >= 0.6 is 0 Å². The summed E-state index contributed by atoms with van der Waals surface area (Å²) in [6, 6.07) is 10.8. The molecule has 7 nitrogen and oxygen atoms in total. The highest BCUT2D eigenvalue weighted by molar-refractivity contribution is 6.23. The zero-order valence-corrected chi connectivity index (χ0v) is 17.8. The minimum absolute atomic E-state index is 0.0447. The molecule has 2 aromatic rings. The highest BCUT2D eigenvalue weighted by atomic mass is 19.4. The predicted molar refractivity (Wildman–Crippen MR) is 113 cm³/mol. The van der Waals surface area contributed by atoms with Gasteiger partial charge in [-0.2, -0.15) is 13.2 Å². The summed E-state index contributed by atoms with van der Waals surface area (Å²) >= 11 is 0. The number of carbonyl (C=O) groups excluding carboxylic acids is 3. The molecule has 0 fully saturated rings. The van der Waals surface area contributed by atoms with Crippen molar-refractivity contribution in [3.8, 4) is 0 Å². The van der Waals surface area contributed by atoms with E-state index in [1.54, 1.807) is 6.07 Å². The molecule has 1 aliphatic rings. The number of ketones is 1. The monoisotopic (exact) mass is 459 g/mol. The van der Waals surface area contributed by atoms with Gasteiger partial charge in [-0.1, -0.05) is 50.2 Å². The van der Waals surface area contributed by atoms with E-state index in [-0.39, 0.29) is 28.4 Å². The lowest BCUT2D eigenvalue weighted by Crippen LogP contribution is -2.39. The summed E-state index contributed by atoms with van der Waals surface area (Å²) < 4.78 is 39.5. The maximum Gasteiger partial charge on any atom is 0.456 e. The van der Waals surface area contributed by atoms with Gasteiger partial charge in [0.2, 0.25) is 0 Å². The van der Waals surface area contributed by atoms with Crippen LogP contribution in [0.4, 0.5) is 18.9 Å². The molecular formula is C23H20F3N3O4. The zero-order valence-electron chi connectivity index (χ0n) is 17.8. The summed E-state index contributed by atoms with van der Waals surface area (Å²) in [6.45, 7) is 3.65. The van der Waals surface area contributed by atoms with Crippen LogP contribution in [0.25, 0.3) is 5.76 Å². The Hall–Kier alpha value is -3.82. The molecule has 0 unspecified atom stereocenters. The zero-order chi connectivity index (χ0) is 24.3. The third-order valence-corrected chi connectivity index (χ3v) is 5.23. The molecule has 172 valence electrons. The van der Waals surface area contributed by atoms with Crippen LogP contribution in [0.15, 0.2) is 64.5 Å². The molecule has 3 rings (SSSR count). The SMILES string of the molecule is CCC(CC)N1C(=O)c2cccc(N=N/C(C(=O)C(F)(F)F)=C(\O)c3ccccc3)c2C1=O. The van der Waals surface area contributed by atoms with Crippen LogP contribution in [-0.2, 0) is 4.79 Å². The first kappa shape index (κ1) is 23.8. The summed E-state index contributed by atoms with van der Waals surface area (Å²) in [5, 5.41) is 17.4. The highest BCUT2D eigenvalue weighted by Gasteiger charge is 2.43. The van der Waals surface area contributed by atoms with Crippen molar-refractivity contribution in [3.63, 3.8) is 0 Å². The molecule has 0 aromatic heterocycles. The van der Waals surface area contributed by atoms with Gasteiger partial charge in [-0.05, 0) is 25.0 Å². The Balaban J connectivity index is 2.10. The van der Waals surface area contributed by atoms with Crippen molar-refractivity contribution in [1.82, 2.24) is 4.90 Å². The molecule has 33 heavy (non-hydrogen) atoms. The first-order chi connectivity index (χ1) is 15.6. The molecule has 0 radical (unpaired) electrons. The number of hydrogen-bond acceptors (Lipinski definition) is 6. The molecule has 10 heteroatoms. The van der Waals surface area contributed by atoms with Crippen LogP contribution in [0.2, 0.25) is 0 Å². The van der Waals surface area contributed by atoms with E-state index >= 15 is 0 Å². The van der Waals surface area contributed by atoms with Crippen molar-refractivity contribution < 1.29 is 32.7 Å². The number of amides is 2. The molecule has 0 saturated carbocycles. The summed E-state index contributed by atoms with van der Waals surface area (Å²) in [7, 11) is 0. The Bertz CT molecular complexity index is 1150. The van der Waals surface area contributed by atoms with E-state index in [1.807, 2.05) is 13.8 Å². The lowest BCUT2D eigenvalue weighted by Gasteiger charge is -2.23. The smallest absolute Gasteiger partial charge is 0.456 e. The van der Waals surface area contributed by atoms with Gasteiger partial charge in [-0.3, -0.25) is 19.3 Å². The Morgan fingerprint density at radius 2 is 1.64 bits per heavy atom. The third-order valence-electron chi connectivity index (χ3n) is 5.23. The average Bonchev–Trinajstić information content (AvgIpc) is 3.05. The van der Waals surface area contributed by atoms with Crippen molar-refractivity contribution >= 4 is 29.0 Å². The lowest BCUT2D eigenvalue weighted by atomic mass is 10.1. The Labute approximate surface area is 187 Å². The van der Waals surface area contributed by atoms with Gasteiger partial charge in [0.05, 0.1) is 16.8 Å². The normalized spacial score (nSPS) is 14.8. The number of azo groups is 1. The van der Waals surface area contributed by atoms with Gasteiger partial charge in [0.15, 0.2) is 11.5 Å². The number of Topliss-reactive ketones (excluding diaryl/α,β-unsaturated/α-hetero) is 1. The number of benzene rings is 2. The number of rotatable bonds is 7. The summed E-state index contributed by atoms with van der Waals surface area (Å²) in [4.78, 5) is 38.8. The van der Waals surface area contributed by atoms with Crippen LogP contribution in [0.1, 0.15) is 53.0 Å². The van der Waals surface area contributed by atoms with E-state index in [4.69, 9.17) is 0 Å². The van der Waals surface area contributed by atoms with Crippen molar-refractivity contribution in [2.45, 2.75) is 38.9 Å². The fourth-order valence-corrected chi connectivity index (χ4v) is 3.53. The Kier molecular flexibility index (Phi) is 6.75. The molecule has 2 amide bonds. The van der Waals surface area contributed by atoms with Gasteiger partial charge in [0, 0.05) is 11.6 Å². The van der Waals surface area contributed by atoms with Crippen molar-refractivity contribution in [2.24, 2.45) is 10.2 Å². The average molecular weight is 459 g/mol. The fourth-order valence-electron chi connectivity index (χ4n) is 3.53. The van der Waals surface area contributed by atoms with Crippen LogP contribution in [-0.4, -0.2) is 39.8 Å². The minimum atomic E-state index is -5.33. The Morgan fingerprint density at radius 3 is 2.21 bits per heavy atom. The molecule has 0 spiro atoms. The van der Waals surface area contributed by atoms with Gasteiger partial charge in [0.25, 0.3) is 17.6 Å². The summed E-state index contributed by atoms with van der Waals surface area (Å²) in [5.74, 6) is -4.59. The molecule has 2 aromatic carbocycles. The molecule has 1 heterocycles. The van der Waals surface area contributed by atoms with Gasteiger partial charge in [-0.25, -0.2) is 0 Å². The number of nitrogens with zero attached hydrogens (tertiary/aromatic N) is 3. The topological polar surface area (TPSA) is 99.4 Å². The van der Waals surface area contributed by atoms with Crippen LogP contribution < -0.4 is 0 Å². The van der Waals surface area contributed by atoms with E-state index < -0.39 is 35.2 Å². The first-order valence-electron chi connectivity index (χ1n) is 10.1. The molecule has 0 saturated heterocycles. The summed E-state index contributed by atoms with van der Waals surface area (Å²) in [6.07, 6.45) is -4.28. The number of fused-ring (bicyclic) bond motifs is 1. The third kappa shape index (κ3) is 4.55. The number of allylic oxidation sites excluding steroid dienone is 1. The largest absolute Gasteiger partial charge is 0.505 e. The second kappa shape index (κ2) is 9.35. The van der Waals surface area contributed by atoms with E-state index in [1.165, 1.54) is 42.5 Å². The fraction of sp³-hybridized carbons (Fsp3) is 0.261. The molecule has 0 aliphatic carbocycles. The second-order valence-corrected chi connectivity index (χ2v) is 7.24. The molecule has 0 atom stereocenters. The standard InChI is InChI=1S/C23H20F3N3O4/c1-3-14(4-2)29-21(32)15-11-8-12-16(17(15)22(29)33)27-28-18(20(31)23(24,25)26)19(30)13-9-6-5-7-10-13/h5-12,14,30H,3-4H2,1-2H3/b19-18-,28-27?. The maximum absolute atomic E-state index is 13.2. The quantitative estimate of drug-likeness (QED) is 0.252. The minimum Gasteiger partial charge on any atom is -0.505 e. The van der Waals surface area contributed by atoms with Crippen molar-refractivity contribution in [3.05, 3.63) is 70.9 Å². The predicted octanol–water partition coefficient (Wildman–Crippen LogP) is 5.61. The molecule has 1 aliphatic heterocycles. The molecule has 1 N–H and O–H groups in total. The number of alkyl halides is 3.